The van der Waals surface area contributed by atoms with Gasteiger partial charge in [0.05, 0.1) is 0 Å². The topological polar surface area (TPSA) is 61.5 Å². The minimum Gasteiger partial charge on any atom is -0.406 e. The van der Waals surface area contributed by atoms with Gasteiger partial charge in [-0.3, -0.25) is 0 Å². The molecule has 0 aliphatic heterocycles. The molecule has 0 N–H and O–H groups in total. The quantitative estimate of drug-likeness (QED) is 0.254. The number of aromatic nitrogens is 3. The van der Waals surface area contributed by atoms with E-state index in [1.54, 1.807) is 0 Å². The van der Waals surface area contributed by atoms with Crippen molar-refractivity contribution < 1.29 is 27.1 Å². The zero-order valence-electron chi connectivity index (χ0n) is 12.2. The minimum atomic E-state index is -4.81. The highest BCUT2D eigenvalue weighted by atomic mass is 19.4. The maximum absolute atomic E-state index is 14.5. The maximum Gasteiger partial charge on any atom is 0.573 e. The fourth-order valence-electron chi connectivity index (χ4n) is 1.68. The predicted molar refractivity (Wildman–Crippen MR) is 76.0 cm³/mol. The third-order valence-corrected chi connectivity index (χ3v) is 2.63. The molecule has 0 aliphatic carbocycles. The first-order valence-corrected chi connectivity index (χ1v) is 6.56. The number of hydrogen-bond acceptors (Lipinski definition) is 5. The number of alkyl halides is 4. The summed E-state index contributed by atoms with van der Waals surface area (Å²) >= 11 is 0. The van der Waals surface area contributed by atoms with Crippen molar-refractivity contribution in [3.8, 4) is 5.75 Å². The average molecular weight is 344 g/mol. The number of nitrogens with zero attached hydrogens (tertiary/aromatic N) is 4. The Hall–Kier alpha value is -2.91. The smallest absolute Gasteiger partial charge is 0.406 e. The van der Waals surface area contributed by atoms with Gasteiger partial charge in [0.25, 0.3) is 0 Å². The Labute approximate surface area is 134 Å². The largest absolute Gasteiger partial charge is 0.573 e. The number of oxime groups is 1. The van der Waals surface area contributed by atoms with E-state index in [0.717, 1.165) is 29.5 Å². The van der Waals surface area contributed by atoms with Crippen LogP contribution in [0.15, 0.2) is 54.7 Å². The van der Waals surface area contributed by atoms with Gasteiger partial charge in [-0.25, -0.2) is 14.1 Å². The van der Waals surface area contributed by atoms with E-state index in [2.05, 4.69) is 26.6 Å². The Balaban J connectivity index is 2.26. The zero-order chi connectivity index (χ0) is 17.6. The van der Waals surface area contributed by atoms with Crippen LogP contribution in [0.4, 0.5) is 17.6 Å². The minimum absolute atomic E-state index is 0.0306. The molecule has 10 heteroatoms. The van der Waals surface area contributed by atoms with Crippen LogP contribution in [0.1, 0.15) is 11.9 Å². The zero-order valence-corrected chi connectivity index (χ0v) is 12.2. The molecule has 1 aromatic heterocycles. The first kappa shape index (κ1) is 17.4. The van der Waals surface area contributed by atoms with E-state index >= 15 is 0 Å². The van der Waals surface area contributed by atoms with E-state index in [4.69, 9.17) is 4.84 Å². The summed E-state index contributed by atoms with van der Waals surface area (Å²) < 4.78 is 55.7. The van der Waals surface area contributed by atoms with Gasteiger partial charge in [-0.05, 0) is 24.3 Å². The molecule has 0 bridgehead atoms. The predicted octanol–water partition coefficient (Wildman–Crippen LogP) is 3.25. The third kappa shape index (κ3) is 4.80. The number of rotatable bonds is 7. The second-order valence-corrected chi connectivity index (χ2v) is 4.34. The normalized spacial score (nSPS) is 13.4. The van der Waals surface area contributed by atoms with Crippen LogP contribution in [0.25, 0.3) is 0 Å². The van der Waals surface area contributed by atoms with Gasteiger partial charge in [-0.2, -0.15) is 5.10 Å². The lowest BCUT2D eigenvalue weighted by Crippen LogP contribution is -2.19. The van der Waals surface area contributed by atoms with Crippen molar-refractivity contribution in [2.75, 3.05) is 6.61 Å². The standard InChI is InChI=1S/C14H12F4N4O2/c1-2-7-23-21-12(13(15)22-9-19-8-20-22)10-3-5-11(6-4-10)24-14(16,17)18/h2-6,8-9,13H,1,7H2/b21-12-. The summed E-state index contributed by atoms with van der Waals surface area (Å²) in [5.41, 5.74) is -0.00232. The van der Waals surface area contributed by atoms with Crippen molar-refractivity contribution in [3.05, 3.63) is 55.1 Å². The molecule has 0 radical (unpaired) electrons. The molecule has 0 saturated heterocycles. The molecule has 24 heavy (non-hydrogen) atoms. The molecule has 0 saturated carbocycles. The van der Waals surface area contributed by atoms with Crippen LogP contribution in [0.3, 0.4) is 0 Å². The van der Waals surface area contributed by atoms with Crippen molar-refractivity contribution in [1.82, 2.24) is 14.8 Å². The molecule has 1 heterocycles. The lowest BCUT2D eigenvalue weighted by molar-refractivity contribution is -0.274. The summed E-state index contributed by atoms with van der Waals surface area (Å²) in [7, 11) is 0. The second kappa shape index (κ2) is 7.57. The van der Waals surface area contributed by atoms with E-state index in [0.29, 0.717) is 0 Å². The van der Waals surface area contributed by atoms with E-state index in [9.17, 15) is 17.6 Å². The molecular weight excluding hydrogens is 332 g/mol. The molecule has 2 rings (SSSR count). The molecule has 0 amide bonds. The van der Waals surface area contributed by atoms with Crippen LogP contribution in [0.5, 0.6) is 5.75 Å². The molecule has 1 aromatic carbocycles. The highest BCUT2D eigenvalue weighted by Gasteiger charge is 2.31. The average Bonchev–Trinajstić information content (AvgIpc) is 3.05. The first-order chi connectivity index (χ1) is 11.4. The fourth-order valence-corrected chi connectivity index (χ4v) is 1.68. The van der Waals surface area contributed by atoms with Gasteiger partial charge in [-0.1, -0.05) is 17.8 Å². The van der Waals surface area contributed by atoms with Crippen molar-refractivity contribution in [1.29, 1.82) is 0 Å². The van der Waals surface area contributed by atoms with Gasteiger partial charge in [0, 0.05) is 5.56 Å². The molecule has 6 nitrogen and oxygen atoms in total. The molecule has 2 aromatic rings. The second-order valence-electron chi connectivity index (χ2n) is 4.34. The Bertz CT molecular complexity index is 684. The van der Waals surface area contributed by atoms with Crippen molar-refractivity contribution in [2.24, 2.45) is 5.16 Å². The number of benzene rings is 1. The molecule has 128 valence electrons. The number of hydrogen-bond donors (Lipinski definition) is 0. The van der Waals surface area contributed by atoms with Crippen LogP contribution in [0.2, 0.25) is 0 Å². The Kier molecular flexibility index (Phi) is 5.51. The van der Waals surface area contributed by atoms with Gasteiger partial charge in [0.2, 0.25) is 6.30 Å². The molecule has 0 aliphatic rings. The highest BCUT2D eigenvalue weighted by molar-refractivity contribution is 6.02. The lowest BCUT2D eigenvalue weighted by atomic mass is 10.1. The molecule has 0 fully saturated rings. The van der Waals surface area contributed by atoms with Gasteiger partial charge < -0.3 is 9.57 Å². The number of ether oxygens (including phenoxy) is 1. The summed E-state index contributed by atoms with van der Waals surface area (Å²) in [4.78, 5) is 8.51. The summed E-state index contributed by atoms with van der Waals surface area (Å²) in [5, 5.41) is 7.32. The van der Waals surface area contributed by atoms with Crippen LogP contribution in [-0.2, 0) is 4.84 Å². The Morgan fingerprint density at radius 1 is 1.33 bits per heavy atom. The van der Waals surface area contributed by atoms with Crippen molar-refractivity contribution in [3.63, 3.8) is 0 Å². The van der Waals surface area contributed by atoms with E-state index in [1.165, 1.54) is 18.2 Å². The lowest BCUT2D eigenvalue weighted by Gasteiger charge is -2.13. The molecule has 1 atom stereocenters. The summed E-state index contributed by atoms with van der Waals surface area (Å²) in [6, 6.07) is 4.53. The van der Waals surface area contributed by atoms with Crippen LogP contribution in [0, 0.1) is 0 Å². The number of halogens is 4. The third-order valence-electron chi connectivity index (χ3n) is 2.63. The van der Waals surface area contributed by atoms with Gasteiger partial charge in [0.1, 0.15) is 30.7 Å². The molecular formula is C14H12F4N4O2. The maximum atomic E-state index is 14.5. The molecule has 1 unspecified atom stereocenters. The Morgan fingerprint density at radius 3 is 2.58 bits per heavy atom. The van der Waals surface area contributed by atoms with Crippen LogP contribution < -0.4 is 4.74 Å². The summed E-state index contributed by atoms with van der Waals surface area (Å²) in [6.07, 6.45) is -2.98. The van der Waals surface area contributed by atoms with Crippen molar-refractivity contribution >= 4 is 5.71 Å². The van der Waals surface area contributed by atoms with E-state index in [-0.39, 0.29) is 17.9 Å². The van der Waals surface area contributed by atoms with Crippen molar-refractivity contribution in [2.45, 2.75) is 12.7 Å². The monoisotopic (exact) mass is 344 g/mol. The molecule has 0 spiro atoms. The highest BCUT2D eigenvalue weighted by Crippen LogP contribution is 2.24. The SMILES string of the molecule is C=CCO/N=C(/c1ccc(OC(F)(F)F)cc1)C(F)n1cncn1. The summed E-state index contributed by atoms with van der Waals surface area (Å²) in [6.45, 7) is 3.46. The van der Waals surface area contributed by atoms with Crippen LogP contribution >= 0.6 is 0 Å². The van der Waals surface area contributed by atoms with Gasteiger partial charge in [-0.15, -0.1) is 13.2 Å². The Morgan fingerprint density at radius 2 is 2.04 bits per heavy atom. The fraction of sp³-hybridized carbons (Fsp3) is 0.214. The van der Waals surface area contributed by atoms with E-state index < -0.39 is 18.4 Å². The van der Waals surface area contributed by atoms with Gasteiger partial charge >= 0.3 is 6.36 Å². The first-order valence-electron chi connectivity index (χ1n) is 6.56. The van der Waals surface area contributed by atoms with Gasteiger partial charge in [0.15, 0.2) is 0 Å². The van der Waals surface area contributed by atoms with Crippen LogP contribution in [-0.4, -0.2) is 33.4 Å². The summed E-state index contributed by atoms with van der Waals surface area (Å²) in [5.74, 6) is -0.436. The van der Waals surface area contributed by atoms with E-state index in [1.807, 2.05) is 0 Å².